The molecular formula is C20H19N3O2. The van der Waals surface area contributed by atoms with E-state index in [2.05, 4.69) is 15.6 Å². The fourth-order valence-corrected chi connectivity index (χ4v) is 2.60. The van der Waals surface area contributed by atoms with Crippen LogP contribution < -0.4 is 10.6 Å². The molecule has 3 aromatic rings. The zero-order chi connectivity index (χ0) is 17.6. The quantitative estimate of drug-likeness (QED) is 0.752. The van der Waals surface area contributed by atoms with Crippen molar-refractivity contribution in [1.82, 2.24) is 10.3 Å². The molecule has 0 aliphatic heterocycles. The van der Waals surface area contributed by atoms with E-state index in [4.69, 9.17) is 0 Å². The van der Waals surface area contributed by atoms with Gasteiger partial charge in [0.15, 0.2) is 0 Å². The van der Waals surface area contributed by atoms with Crippen LogP contribution in [0.3, 0.4) is 0 Å². The molecule has 0 fully saturated rings. The van der Waals surface area contributed by atoms with Gasteiger partial charge in [0.05, 0.1) is 11.2 Å². The Kier molecular flexibility index (Phi) is 5.04. The highest BCUT2D eigenvalue weighted by Crippen LogP contribution is 2.21. The predicted octanol–water partition coefficient (Wildman–Crippen LogP) is 3.30. The summed E-state index contributed by atoms with van der Waals surface area (Å²) in [5.41, 5.74) is 3.17. The molecule has 0 aliphatic rings. The molecule has 2 N–H and O–H groups in total. The molecule has 1 heterocycles. The molecule has 0 aliphatic carbocycles. The molecule has 0 spiro atoms. The highest BCUT2D eigenvalue weighted by Gasteiger charge is 2.08. The van der Waals surface area contributed by atoms with Gasteiger partial charge in [0.2, 0.25) is 5.91 Å². The van der Waals surface area contributed by atoms with E-state index >= 15 is 0 Å². The number of rotatable bonds is 5. The fraction of sp³-hybridized carbons (Fsp3) is 0.150. The summed E-state index contributed by atoms with van der Waals surface area (Å²) in [6, 6.07) is 16.7. The number of amides is 2. The van der Waals surface area contributed by atoms with Gasteiger partial charge in [0, 0.05) is 30.1 Å². The van der Waals surface area contributed by atoms with Gasteiger partial charge in [-0.25, -0.2) is 0 Å². The lowest BCUT2D eigenvalue weighted by Crippen LogP contribution is -2.27. The Bertz CT molecular complexity index is 916. The van der Waals surface area contributed by atoms with Crippen molar-refractivity contribution in [1.29, 1.82) is 0 Å². The Morgan fingerprint density at radius 1 is 1.04 bits per heavy atom. The highest BCUT2D eigenvalue weighted by atomic mass is 16.2. The Labute approximate surface area is 146 Å². The molecule has 0 atom stereocenters. The molecule has 25 heavy (non-hydrogen) atoms. The second-order valence-electron chi connectivity index (χ2n) is 5.80. The molecule has 0 saturated heterocycles. The Balaban J connectivity index is 1.55. The molecule has 3 rings (SSSR count). The second-order valence-corrected chi connectivity index (χ2v) is 5.80. The van der Waals surface area contributed by atoms with Crippen molar-refractivity contribution < 1.29 is 9.59 Å². The monoisotopic (exact) mass is 333 g/mol. The third kappa shape index (κ3) is 4.20. The largest absolute Gasteiger partial charge is 0.352 e. The average molecular weight is 333 g/mol. The number of carbonyl (C=O) groups is 2. The number of aromatic nitrogens is 1. The van der Waals surface area contributed by atoms with E-state index in [1.54, 1.807) is 12.3 Å². The maximum atomic E-state index is 12.1. The number of pyridine rings is 1. The van der Waals surface area contributed by atoms with E-state index in [1.807, 2.05) is 55.5 Å². The number of nitrogens with zero attached hydrogens (tertiary/aromatic N) is 1. The van der Waals surface area contributed by atoms with Crippen LogP contribution >= 0.6 is 0 Å². The highest BCUT2D eigenvalue weighted by molar-refractivity contribution is 6.01. The van der Waals surface area contributed by atoms with Crippen LogP contribution in [0.15, 0.2) is 60.8 Å². The normalized spacial score (nSPS) is 10.4. The molecule has 0 saturated carbocycles. The van der Waals surface area contributed by atoms with Crippen LogP contribution in [0.5, 0.6) is 0 Å². The van der Waals surface area contributed by atoms with Crippen molar-refractivity contribution in [3.63, 3.8) is 0 Å². The fourth-order valence-electron chi connectivity index (χ4n) is 2.60. The topological polar surface area (TPSA) is 71.1 Å². The first-order valence-electron chi connectivity index (χ1n) is 8.12. The summed E-state index contributed by atoms with van der Waals surface area (Å²) in [4.78, 5) is 28.5. The lowest BCUT2D eigenvalue weighted by Gasteiger charge is -2.09. The second kappa shape index (κ2) is 7.57. The number of benzene rings is 2. The molecule has 126 valence electrons. The van der Waals surface area contributed by atoms with Crippen molar-refractivity contribution in [2.24, 2.45) is 0 Å². The minimum absolute atomic E-state index is 0.152. The SMILES string of the molecule is Cc1cccc(C(=O)NCCC(=O)Nc2cccc3ncccc23)c1. The van der Waals surface area contributed by atoms with Crippen LogP contribution in [0.25, 0.3) is 10.9 Å². The zero-order valence-corrected chi connectivity index (χ0v) is 14.0. The van der Waals surface area contributed by atoms with Crippen molar-refractivity contribution >= 4 is 28.4 Å². The summed E-state index contributed by atoms with van der Waals surface area (Å²) in [6.45, 7) is 2.21. The standard InChI is InChI=1S/C20H19N3O2/c1-14-5-2-6-15(13-14)20(25)22-12-10-19(24)23-18-9-3-8-17-16(18)7-4-11-21-17/h2-9,11,13H,10,12H2,1H3,(H,22,25)(H,23,24). The average Bonchev–Trinajstić information content (AvgIpc) is 2.62. The van der Waals surface area contributed by atoms with Gasteiger partial charge in [0.1, 0.15) is 0 Å². The molecule has 0 bridgehead atoms. The van der Waals surface area contributed by atoms with E-state index in [-0.39, 0.29) is 24.8 Å². The van der Waals surface area contributed by atoms with E-state index in [1.165, 1.54) is 0 Å². The number of carbonyl (C=O) groups excluding carboxylic acids is 2. The predicted molar refractivity (Wildman–Crippen MR) is 98.5 cm³/mol. The summed E-state index contributed by atoms with van der Waals surface area (Å²) in [7, 11) is 0. The first-order chi connectivity index (χ1) is 12.1. The van der Waals surface area contributed by atoms with Gasteiger partial charge in [-0.05, 0) is 43.3 Å². The van der Waals surface area contributed by atoms with Gasteiger partial charge in [-0.1, -0.05) is 23.8 Å². The number of hydrogen-bond acceptors (Lipinski definition) is 3. The molecule has 2 aromatic carbocycles. The summed E-state index contributed by atoms with van der Waals surface area (Å²) in [5.74, 6) is -0.327. The van der Waals surface area contributed by atoms with Gasteiger partial charge in [-0.3, -0.25) is 14.6 Å². The van der Waals surface area contributed by atoms with Crippen LogP contribution in [0, 0.1) is 6.92 Å². The molecular weight excluding hydrogens is 314 g/mol. The number of fused-ring (bicyclic) bond motifs is 1. The molecule has 2 amide bonds. The zero-order valence-electron chi connectivity index (χ0n) is 14.0. The van der Waals surface area contributed by atoms with Crippen LogP contribution in [0.1, 0.15) is 22.3 Å². The van der Waals surface area contributed by atoms with E-state index in [0.29, 0.717) is 5.56 Å². The van der Waals surface area contributed by atoms with Gasteiger partial charge >= 0.3 is 0 Å². The first kappa shape index (κ1) is 16.6. The van der Waals surface area contributed by atoms with Crippen molar-refractivity contribution in [2.45, 2.75) is 13.3 Å². The molecule has 0 unspecified atom stereocenters. The molecule has 1 aromatic heterocycles. The van der Waals surface area contributed by atoms with Gasteiger partial charge < -0.3 is 10.6 Å². The van der Waals surface area contributed by atoms with Gasteiger partial charge in [-0.15, -0.1) is 0 Å². The Morgan fingerprint density at radius 2 is 1.88 bits per heavy atom. The number of aryl methyl sites for hydroxylation is 1. The lowest BCUT2D eigenvalue weighted by molar-refractivity contribution is -0.116. The molecule has 5 nitrogen and oxygen atoms in total. The number of anilines is 1. The smallest absolute Gasteiger partial charge is 0.251 e. The number of hydrogen-bond donors (Lipinski definition) is 2. The minimum Gasteiger partial charge on any atom is -0.352 e. The van der Waals surface area contributed by atoms with Crippen molar-refractivity contribution in [3.8, 4) is 0 Å². The van der Waals surface area contributed by atoms with Crippen LogP contribution in [-0.2, 0) is 4.79 Å². The first-order valence-corrected chi connectivity index (χ1v) is 8.12. The number of nitrogens with one attached hydrogen (secondary N) is 2. The maximum absolute atomic E-state index is 12.1. The Morgan fingerprint density at radius 3 is 2.72 bits per heavy atom. The molecule has 5 heteroatoms. The summed E-state index contributed by atoms with van der Waals surface area (Å²) in [5, 5.41) is 6.54. The third-order valence-corrected chi connectivity index (χ3v) is 3.84. The summed E-state index contributed by atoms with van der Waals surface area (Å²) in [6.07, 6.45) is 1.92. The van der Waals surface area contributed by atoms with Crippen LogP contribution in [0.4, 0.5) is 5.69 Å². The van der Waals surface area contributed by atoms with E-state index < -0.39 is 0 Å². The summed E-state index contributed by atoms with van der Waals surface area (Å²) < 4.78 is 0. The Hall–Kier alpha value is -3.21. The van der Waals surface area contributed by atoms with E-state index in [0.717, 1.165) is 22.2 Å². The lowest BCUT2D eigenvalue weighted by atomic mass is 10.1. The van der Waals surface area contributed by atoms with Crippen LogP contribution in [-0.4, -0.2) is 23.3 Å². The van der Waals surface area contributed by atoms with Crippen molar-refractivity contribution in [2.75, 3.05) is 11.9 Å². The summed E-state index contributed by atoms with van der Waals surface area (Å²) >= 11 is 0. The van der Waals surface area contributed by atoms with Crippen molar-refractivity contribution in [3.05, 3.63) is 71.9 Å². The maximum Gasteiger partial charge on any atom is 0.251 e. The van der Waals surface area contributed by atoms with Gasteiger partial charge in [-0.2, -0.15) is 0 Å². The molecule has 0 radical (unpaired) electrons. The minimum atomic E-state index is -0.175. The van der Waals surface area contributed by atoms with Crippen LogP contribution in [0.2, 0.25) is 0 Å². The third-order valence-electron chi connectivity index (χ3n) is 3.84. The van der Waals surface area contributed by atoms with E-state index in [9.17, 15) is 9.59 Å². The van der Waals surface area contributed by atoms with Gasteiger partial charge in [0.25, 0.3) is 5.91 Å².